The van der Waals surface area contributed by atoms with E-state index in [-0.39, 0.29) is 0 Å². The number of hydrogen-bond donors (Lipinski definition) is 0. The van der Waals surface area contributed by atoms with E-state index in [4.69, 9.17) is 0 Å². The zero-order valence-corrected chi connectivity index (χ0v) is 11.5. The normalized spacial score (nSPS) is 14.4. The van der Waals surface area contributed by atoms with Gasteiger partial charge in [0.05, 0.1) is 0 Å². The third-order valence-corrected chi connectivity index (χ3v) is 2.97. The quantitative estimate of drug-likeness (QED) is 0.487. The van der Waals surface area contributed by atoms with Gasteiger partial charge < -0.3 is 0 Å². The second-order valence-electron chi connectivity index (χ2n) is 4.58. The molecule has 0 nitrogen and oxygen atoms in total. The molecule has 1 radical (unpaired) electrons. The Morgan fingerprint density at radius 1 is 0.875 bits per heavy atom. The van der Waals surface area contributed by atoms with E-state index < -0.39 is 0 Å². The van der Waals surface area contributed by atoms with Crippen molar-refractivity contribution in [1.29, 1.82) is 0 Å². The van der Waals surface area contributed by atoms with Crippen molar-refractivity contribution in [2.75, 3.05) is 0 Å². The first-order valence-electron chi connectivity index (χ1n) is 6.36. The highest BCUT2D eigenvalue weighted by Gasteiger charge is 1.91. The lowest BCUT2D eigenvalue weighted by Gasteiger charge is -2.01. The maximum absolute atomic E-state index is 3.77. The Balaban J connectivity index is 3.80. The SMILES string of the molecule is [CH2]/C=C(\C)CC/C=C(\C)CC/C=C(\C)CC. The topological polar surface area (TPSA) is 0 Å². The highest BCUT2D eigenvalue weighted by Crippen LogP contribution is 2.11. The van der Waals surface area contributed by atoms with Gasteiger partial charge in [-0.05, 0) is 59.8 Å². The van der Waals surface area contributed by atoms with Crippen LogP contribution in [0.4, 0.5) is 0 Å². The molecule has 0 amide bonds. The molecule has 16 heavy (non-hydrogen) atoms. The van der Waals surface area contributed by atoms with Crippen LogP contribution in [0.1, 0.15) is 59.8 Å². The molecule has 0 N–H and O–H groups in total. The molecule has 0 aromatic carbocycles. The third-order valence-electron chi connectivity index (χ3n) is 2.97. The lowest BCUT2D eigenvalue weighted by Crippen LogP contribution is -1.80. The van der Waals surface area contributed by atoms with Crippen LogP contribution in [-0.4, -0.2) is 0 Å². The van der Waals surface area contributed by atoms with Gasteiger partial charge in [-0.15, -0.1) is 0 Å². The minimum atomic E-state index is 1.14. The van der Waals surface area contributed by atoms with Gasteiger partial charge in [0.2, 0.25) is 0 Å². The number of allylic oxidation sites excluding steroid dienone is 6. The first kappa shape index (κ1) is 15.2. The summed E-state index contributed by atoms with van der Waals surface area (Å²) in [5.41, 5.74) is 4.39. The molecule has 0 bridgehead atoms. The predicted octanol–water partition coefficient (Wildman–Crippen LogP) is 5.63. The van der Waals surface area contributed by atoms with Crippen LogP contribution in [-0.2, 0) is 0 Å². The molecule has 91 valence electrons. The first-order chi connectivity index (χ1) is 7.60. The maximum atomic E-state index is 3.77. The summed E-state index contributed by atoms with van der Waals surface area (Å²) < 4.78 is 0. The monoisotopic (exact) mass is 219 g/mol. The Kier molecular flexibility index (Phi) is 8.99. The Bertz CT molecular complexity index is 264. The van der Waals surface area contributed by atoms with Crippen molar-refractivity contribution in [1.82, 2.24) is 0 Å². The van der Waals surface area contributed by atoms with Crippen molar-refractivity contribution >= 4 is 0 Å². The Labute approximate surface area is 102 Å². The molecule has 0 aliphatic rings. The summed E-state index contributed by atoms with van der Waals surface area (Å²) in [6.07, 6.45) is 12.5. The third kappa shape index (κ3) is 8.52. The molecule has 0 rings (SSSR count). The molecular weight excluding hydrogens is 192 g/mol. The van der Waals surface area contributed by atoms with Gasteiger partial charge >= 0.3 is 0 Å². The molecule has 0 heteroatoms. The Morgan fingerprint density at radius 3 is 1.88 bits per heavy atom. The fourth-order valence-electron chi connectivity index (χ4n) is 1.44. The summed E-state index contributed by atoms with van der Waals surface area (Å²) in [6.45, 7) is 12.6. The second kappa shape index (κ2) is 9.45. The Hall–Kier alpha value is -0.780. The molecule has 0 heterocycles. The van der Waals surface area contributed by atoms with Crippen molar-refractivity contribution < 1.29 is 0 Å². The second-order valence-corrected chi connectivity index (χ2v) is 4.58. The molecule has 0 fully saturated rings. The average Bonchev–Trinajstić information content (AvgIpc) is 2.28. The van der Waals surface area contributed by atoms with Crippen molar-refractivity contribution in [3.63, 3.8) is 0 Å². The van der Waals surface area contributed by atoms with Crippen LogP contribution < -0.4 is 0 Å². The standard InChI is InChI=1S/C16H27/c1-6-14(3)10-8-12-16(5)13-9-11-15(4)7-2/h6,11-12H,1,7-10,13H2,2-5H3/b14-6+,15-11+,16-12+. The fraction of sp³-hybridized carbons (Fsp3) is 0.562. The summed E-state index contributed by atoms with van der Waals surface area (Å²) >= 11 is 0. The zero-order valence-electron chi connectivity index (χ0n) is 11.5. The molecule has 0 spiro atoms. The molecule has 0 atom stereocenters. The fourth-order valence-corrected chi connectivity index (χ4v) is 1.44. The zero-order chi connectivity index (χ0) is 12.4. The molecule has 0 aliphatic heterocycles. The van der Waals surface area contributed by atoms with Crippen LogP contribution in [0.15, 0.2) is 34.9 Å². The van der Waals surface area contributed by atoms with Gasteiger partial charge in [-0.25, -0.2) is 0 Å². The number of rotatable bonds is 7. The summed E-state index contributed by atoms with van der Waals surface area (Å²) in [6, 6.07) is 0. The van der Waals surface area contributed by atoms with E-state index in [2.05, 4.69) is 46.8 Å². The van der Waals surface area contributed by atoms with Crippen LogP contribution in [0.3, 0.4) is 0 Å². The van der Waals surface area contributed by atoms with Crippen molar-refractivity contribution in [2.24, 2.45) is 0 Å². The van der Waals surface area contributed by atoms with E-state index in [1.165, 1.54) is 36.0 Å². The van der Waals surface area contributed by atoms with E-state index in [0.29, 0.717) is 0 Å². The Morgan fingerprint density at radius 2 is 1.38 bits per heavy atom. The minimum absolute atomic E-state index is 1.14. The van der Waals surface area contributed by atoms with Crippen LogP contribution in [0, 0.1) is 6.92 Å². The van der Waals surface area contributed by atoms with Gasteiger partial charge in [-0.1, -0.05) is 41.9 Å². The summed E-state index contributed by atoms with van der Waals surface area (Å²) in [4.78, 5) is 0. The van der Waals surface area contributed by atoms with E-state index in [1.807, 2.05) is 6.08 Å². The maximum Gasteiger partial charge on any atom is -0.0288 e. The van der Waals surface area contributed by atoms with Crippen molar-refractivity contribution in [2.45, 2.75) is 59.8 Å². The summed E-state index contributed by atoms with van der Waals surface area (Å²) in [5.74, 6) is 0. The average molecular weight is 219 g/mol. The molecule has 0 aromatic heterocycles. The van der Waals surface area contributed by atoms with Gasteiger partial charge in [0, 0.05) is 0 Å². The lowest BCUT2D eigenvalue weighted by atomic mass is 10.1. The van der Waals surface area contributed by atoms with Gasteiger partial charge in [0.25, 0.3) is 0 Å². The highest BCUT2D eigenvalue weighted by molar-refractivity contribution is 5.06. The molecule has 0 saturated heterocycles. The molecule has 0 unspecified atom stereocenters. The van der Waals surface area contributed by atoms with Gasteiger partial charge in [-0.3, -0.25) is 0 Å². The van der Waals surface area contributed by atoms with Crippen LogP contribution in [0.2, 0.25) is 0 Å². The van der Waals surface area contributed by atoms with E-state index in [0.717, 1.165) is 12.8 Å². The molecular formula is C16H27. The largest absolute Gasteiger partial charge is 0.0853 e. The van der Waals surface area contributed by atoms with Crippen LogP contribution in [0.25, 0.3) is 0 Å². The van der Waals surface area contributed by atoms with Crippen LogP contribution in [0.5, 0.6) is 0 Å². The smallest absolute Gasteiger partial charge is 0.0288 e. The lowest BCUT2D eigenvalue weighted by molar-refractivity contribution is 0.913. The molecule has 0 aliphatic carbocycles. The van der Waals surface area contributed by atoms with Gasteiger partial charge in [-0.2, -0.15) is 0 Å². The molecule has 0 aromatic rings. The van der Waals surface area contributed by atoms with Crippen molar-refractivity contribution in [3.8, 4) is 0 Å². The summed E-state index contributed by atoms with van der Waals surface area (Å²) in [7, 11) is 0. The first-order valence-corrected chi connectivity index (χ1v) is 6.36. The molecule has 0 saturated carbocycles. The number of hydrogen-bond acceptors (Lipinski definition) is 0. The minimum Gasteiger partial charge on any atom is -0.0853 e. The predicted molar refractivity (Wildman–Crippen MR) is 75.4 cm³/mol. The van der Waals surface area contributed by atoms with Crippen LogP contribution >= 0.6 is 0 Å². The summed E-state index contributed by atoms with van der Waals surface area (Å²) in [5, 5.41) is 0. The van der Waals surface area contributed by atoms with Gasteiger partial charge in [0.15, 0.2) is 0 Å². The van der Waals surface area contributed by atoms with E-state index in [1.54, 1.807) is 0 Å². The van der Waals surface area contributed by atoms with Gasteiger partial charge in [0.1, 0.15) is 0 Å². The van der Waals surface area contributed by atoms with E-state index in [9.17, 15) is 0 Å². The van der Waals surface area contributed by atoms with E-state index >= 15 is 0 Å². The van der Waals surface area contributed by atoms with Crippen molar-refractivity contribution in [3.05, 3.63) is 41.9 Å². The highest BCUT2D eigenvalue weighted by atomic mass is 14.0.